The van der Waals surface area contributed by atoms with Gasteiger partial charge in [0.2, 0.25) is 0 Å². The first-order valence-electron chi connectivity index (χ1n) is 9.05. The highest BCUT2D eigenvalue weighted by Crippen LogP contribution is 2.42. The molecule has 2 heterocycles. The molecule has 138 valence electrons. The topological polar surface area (TPSA) is 71.8 Å². The van der Waals surface area contributed by atoms with Crippen molar-refractivity contribution in [3.8, 4) is 0 Å². The van der Waals surface area contributed by atoms with Gasteiger partial charge in [-0.2, -0.15) is 0 Å². The molecule has 0 bridgehead atoms. The molecule has 0 radical (unpaired) electrons. The number of ether oxygens (including phenoxy) is 1. The molecule has 3 rings (SSSR count). The number of likely N-dealkylation sites (tertiary alicyclic amines) is 1. The van der Waals surface area contributed by atoms with Crippen LogP contribution in [0, 0.1) is 0 Å². The Labute approximate surface area is 148 Å². The van der Waals surface area contributed by atoms with E-state index in [0.717, 1.165) is 18.5 Å². The molecule has 1 amide bonds. The first-order valence-corrected chi connectivity index (χ1v) is 9.05. The Hall–Kier alpha value is -1.66. The molecule has 1 saturated carbocycles. The molecule has 0 unspecified atom stereocenters. The van der Waals surface area contributed by atoms with Gasteiger partial charge in [0, 0.05) is 26.4 Å². The predicted molar refractivity (Wildman–Crippen MR) is 94.8 cm³/mol. The number of aromatic nitrogens is 1. The van der Waals surface area contributed by atoms with Crippen LogP contribution in [-0.4, -0.2) is 51.9 Å². The highest BCUT2D eigenvalue weighted by atomic mass is 16.5. The number of aliphatic hydroxyl groups is 1. The Bertz CT molecular complexity index is 727. The quantitative estimate of drug-likeness (QED) is 0.902. The van der Waals surface area contributed by atoms with Gasteiger partial charge in [-0.15, -0.1) is 0 Å². The Balaban J connectivity index is 1.94. The second-order valence-corrected chi connectivity index (χ2v) is 7.65. The van der Waals surface area contributed by atoms with Crippen LogP contribution in [0.25, 0.3) is 0 Å². The maximum absolute atomic E-state index is 13.1. The van der Waals surface area contributed by atoms with Crippen LogP contribution in [-0.2, 0) is 11.8 Å². The van der Waals surface area contributed by atoms with Crippen LogP contribution < -0.4 is 5.56 Å². The number of hydrogen-bond acceptors (Lipinski definition) is 4. The fraction of sp³-hybridized carbons (Fsp3) is 0.684. The van der Waals surface area contributed by atoms with Crippen LogP contribution in [0.2, 0.25) is 0 Å². The zero-order valence-electron chi connectivity index (χ0n) is 15.5. The van der Waals surface area contributed by atoms with Crippen molar-refractivity contribution in [2.45, 2.75) is 63.2 Å². The summed E-state index contributed by atoms with van der Waals surface area (Å²) < 4.78 is 7.35. The third-order valence-electron chi connectivity index (χ3n) is 5.99. The minimum absolute atomic E-state index is 0.178. The first kappa shape index (κ1) is 18.1. The second kappa shape index (κ2) is 6.57. The molecule has 0 spiro atoms. The first-order chi connectivity index (χ1) is 11.8. The normalized spacial score (nSPS) is 29.1. The molecule has 6 heteroatoms. The number of rotatable bonds is 3. The SMILES string of the molecule is CO[C@@]12CC[C@H](O)C[C@@H]1N(C(=O)c1ccc(C(C)C)n(C)c1=O)CC2. The zero-order valence-corrected chi connectivity index (χ0v) is 15.5. The van der Waals surface area contributed by atoms with Crippen LogP contribution in [0.3, 0.4) is 0 Å². The van der Waals surface area contributed by atoms with Gasteiger partial charge in [-0.3, -0.25) is 9.59 Å². The molecule has 3 atom stereocenters. The molecule has 1 aliphatic carbocycles. The highest BCUT2D eigenvalue weighted by molar-refractivity contribution is 5.94. The summed E-state index contributed by atoms with van der Waals surface area (Å²) in [6.07, 6.45) is 2.26. The van der Waals surface area contributed by atoms with Crippen molar-refractivity contribution in [3.63, 3.8) is 0 Å². The maximum atomic E-state index is 13.1. The van der Waals surface area contributed by atoms with Gasteiger partial charge in [-0.05, 0) is 43.7 Å². The van der Waals surface area contributed by atoms with Crippen molar-refractivity contribution in [2.75, 3.05) is 13.7 Å². The number of pyridine rings is 1. The molecule has 0 aromatic carbocycles. The van der Waals surface area contributed by atoms with Gasteiger partial charge in [-0.1, -0.05) is 13.8 Å². The molecule has 1 aromatic heterocycles. The summed E-state index contributed by atoms with van der Waals surface area (Å²) in [5, 5.41) is 10.1. The van der Waals surface area contributed by atoms with E-state index in [4.69, 9.17) is 4.74 Å². The van der Waals surface area contributed by atoms with E-state index < -0.39 is 11.7 Å². The average Bonchev–Trinajstić information content (AvgIpc) is 2.95. The second-order valence-electron chi connectivity index (χ2n) is 7.65. The largest absolute Gasteiger partial charge is 0.393 e. The molecule has 6 nitrogen and oxygen atoms in total. The summed E-state index contributed by atoms with van der Waals surface area (Å²) in [7, 11) is 3.39. The molecule has 1 aromatic rings. The molecule has 2 fully saturated rings. The van der Waals surface area contributed by atoms with E-state index in [2.05, 4.69) is 0 Å². The highest BCUT2D eigenvalue weighted by Gasteiger charge is 2.52. The fourth-order valence-electron chi connectivity index (χ4n) is 4.47. The van der Waals surface area contributed by atoms with E-state index in [1.165, 1.54) is 0 Å². The lowest BCUT2D eigenvalue weighted by molar-refractivity contribution is -0.0824. The van der Waals surface area contributed by atoms with Gasteiger partial charge in [0.1, 0.15) is 5.56 Å². The van der Waals surface area contributed by atoms with E-state index in [1.54, 1.807) is 29.7 Å². The zero-order chi connectivity index (χ0) is 18.4. The summed E-state index contributed by atoms with van der Waals surface area (Å²) >= 11 is 0. The van der Waals surface area contributed by atoms with Crippen molar-refractivity contribution in [1.82, 2.24) is 9.47 Å². The molecule has 25 heavy (non-hydrogen) atoms. The van der Waals surface area contributed by atoms with Crippen LogP contribution in [0.4, 0.5) is 0 Å². The van der Waals surface area contributed by atoms with E-state index in [9.17, 15) is 14.7 Å². The smallest absolute Gasteiger partial charge is 0.263 e. The van der Waals surface area contributed by atoms with E-state index >= 15 is 0 Å². The van der Waals surface area contributed by atoms with Gasteiger partial charge in [0.15, 0.2) is 0 Å². The summed E-state index contributed by atoms with van der Waals surface area (Å²) in [5.74, 6) is -0.0443. The van der Waals surface area contributed by atoms with E-state index in [-0.39, 0.29) is 29.0 Å². The predicted octanol–water partition coefficient (Wildman–Crippen LogP) is 1.65. The fourth-order valence-corrected chi connectivity index (χ4v) is 4.47. The number of carbonyl (C=O) groups is 1. The van der Waals surface area contributed by atoms with Crippen molar-refractivity contribution in [2.24, 2.45) is 7.05 Å². The number of fused-ring (bicyclic) bond motifs is 1. The summed E-state index contributed by atoms with van der Waals surface area (Å²) in [6.45, 7) is 4.60. The van der Waals surface area contributed by atoms with Crippen molar-refractivity contribution >= 4 is 5.91 Å². The van der Waals surface area contributed by atoms with Gasteiger partial charge < -0.3 is 19.3 Å². The molecular weight excluding hydrogens is 320 g/mol. The van der Waals surface area contributed by atoms with E-state index in [0.29, 0.717) is 19.4 Å². The number of hydrogen-bond donors (Lipinski definition) is 1. The Morgan fingerprint density at radius 3 is 2.72 bits per heavy atom. The Morgan fingerprint density at radius 1 is 1.36 bits per heavy atom. The van der Waals surface area contributed by atoms with Crippen LogP contribution >= 0.6 is 0 Å². The molecular formula is C19H28N2O4. The Morgan fingerprint density at radius 2 is 2.08 bits per heavy atom. The van der Waals surface area contributed by atoms with Gasteiger partial charge in [0.25, 0.3) is 11.5 Å². The van der Waals surface area contributed by atoms with Gasteiger partial charge >= 0.3 is 0 Å². The van der Waals surface area contributed by atoms with E-state index in [1.807, 2.05) is 19.9 Å². The van der Waals surface area contributed by atoms with Crippen molar-refractivity contribution < 1.29 is 14.6 Å². The number of methoxy groups -OCH3 is 1. The van der Waals surface area contributed by atoms with Crippen molar-refractivity contribution in [3.05, 3.63) is 33.7 Å². The van der Waals surface area contributed by atoms with Crippen LogP contribution in [0.15, 0.2) is 16.9 Å². The third kappa shape index (κ3) is 2.91. The summed E-state index contributed by atoms with van der Waals surface area (Å²) in [5.41, 5.74) is 0.446. The van der Waals surface area contributed by atoms with Crippen LogP contribution in [0.5, 0.6) is 0 Å². The Kier molecular flexibility index (Phi) is 4.77. The monoisotopic (exact) mass is 348 g/mol. The molecule has 1 saturated heterocycles. The molecule has 1 aliphatic heterocycles. The van der Waals surface area contributed by atoms with Gasteiger partial charge in [0.05, 0.1) is 17.7 Å². The minimum Gasteiger partial charge on any atom is -0.393 e. The lowest BCUT2D eigenvalue weighted by Gasteiger charge is -2.42. The standard InChI is InChI=1S/C19H28N2O4/c1-12(2)15-6-5-14(17(23)20(15)3)18(24)21-10-9-19(25-4)8-7-13(22)11-16(19)21/h5-6,12-13,16,22H,7-11H2,1-4H3/t13-,16-,19+/m0/s1. The molecule has 1 N–H and O–H groups in total. The number of aliphatic hydroxyl groups excluding tert-OH is 1. The lowest BCUT2D eigenvalue weighted by Crippen LogP contribution is -2.53. The number of nitrogens with zero attached hydrogens (tertiary/aromatic N) is 2. The maximum Gasteiger partial charge on any atom is 0.263 e. The summed E-state index contributed by atoms with van der Waals surface area (Å²) in [4.78, 5) is 27.5. The molecule has 2 aliphatic rings. The number of carbonyl (C=O) groups excluding carboxylic acids is 1. The van der Waals surface area contributed by atoms with Crippen molar-refractivity contribution in [1.29, 1.82) is 0 Å². The average molecular weight is 348 g/mol. The summed E-state index contributed by atoms with van der Waals surface area (Å²) in [6, 6.07) is 3.32. The van der Waals surface area contributed by atoms with Gasteiger partial charge in [-0.25, -0.2) is 0 Å². The lowest BCUT2D eigenvalue weighted by atomic mass is 9.79. The minimum atomic E-state index is -0.423. The van der Waals surface area contributed by atoms with Crippen LogP contribution in [0.1, 0.15) is 61.5 Å². The third-order valence-corrected chi connectivity index (χ3v) is 5.99. The number of amides is 1.